The van der Waals surface area contributed by atoms with Gasteiger partial charge in [-0.1, -0.05) is 35.4 Å². The number of aromatic nitrogens is 2. The van der Waals surface area contributed by atoms with Gasteiger partial charge in [-0.3, -0.25) is 0 Å². The molecule has 0 amide bonds. The monoisotopic (exact) mass is 263 g/mol. The van der Waals surface area contributed by atoms with Crippen LogP contribution in [0.2, 0.25) is 0 Å². The number of hydrogen-bond donors (Lipinski definition) is 1. The molecule has 0 radical (unpaired) electrons. The highest BCUT2D eigenvalue weighted by atomic mass is 14.9. The first-order valence-electron chi connectivity index (χ1n) is 6.66. The van der Waals surface area contributed by atoms with Crippen LogP contribution in [0.15, 0.2) is 36.4 Å². The SMILES string of the molecule is Cc1ccc(-c2nc(N)c3cc(C)ccc3n2)c(C)c1. The number of benzene rings is 2. The normalized spacial score (nSPS) is 10.9. The van der Waals surface area contributed by atoms with Crippen molar-refractivity contribution in [1.29, 1.82) is 0 Å². The van der Waals surface area contributed by atoms with Gasteiger partial charge in [0.25, 0.3) is 0 Å². The van der Waals surface area contributed by atoms with Crippen LogP contribution in [-0.4, -0.2) is 9.97 Å². The minimum absolute atomic E-state index is 0.536. The Morgan fingerprint density at radius 2 is 1.55 bits per heavy atom. The van der Waals surface area contributed by atoms with Gasteiger partial charge in [-0.05, 0) is 38.5 Å². The molecule has 1 aromatic heterocycles. The summed E-state index contributed by atoms with van der Waals surface area (Å²) >= 11 is 0. The van der Waals surface area contributed by atoms with Crippen LogP contribution in [0, 0.1) is 20.8 Å². The van der Waals surface area contributed by atoms with E-state index in [1.807, 2.05) is 25.1 Å². The maximum absolute atomic E-state index is 6.09. The van der Waals surface area contributed by atoms with Crippen LogP contribution >= 0.6 is 0 Å². The van der Waals surface area contributed by atoms with Crippen LogP contribution in [0.1, 0.15) is 16.7 Å². The van der Waals surface area contributed by atoms with Crippen molar-refractivity contribution in [2.45, 2.75) is 20.8 Å². The van der Waals surface area contributed by atoms with E-state index in [1.165, 1.54) is 5.56 Å². The molecule has 0 aliphatic heterocycles. The summed E-state index contributed by atoms with van der Waals surface area (Å²) in [4.78, 5) is 9.12. The zero-order valence-electron chi connectivity index (χ0n) is 11.9. The Kier molecular flexibility index (Phi) is 2.90. The zero-order chi connectivity index (χ0) is 14.3. The summed E-state index contributed by atoms with van der Waals surface area (Å²) in [6.45, 7) is 6.19. The van der Waals surface area contributed by atoms with Crippen molar-refractivity contribution >= 4 is 16.7 Å². The first-order valence-corrected chi connectivity index (χ1v) is 6.66. The Bertz CT molecular complexity index is 807. The smallest absolute Gasteiger partial charge is 0.162 e. The van der Waals surface area contributed by atoms with Crippen LogP contribution in [0.4, 0.5) is 5.82 Å². The Hall–Kier alpha value is -2.42. The van der Waals surface area contributed by atoms with E-state index < -0.39 is 0 Å². The summed E-state index contributed by atoms with van der Waals surface area (Å²) < 4.78 is 0. The van der Waals surface area contributed by atoms with Gasteiger partial charge in [-0.2, -0.15) is 0 Å². The highest BCUT2D eigenvalue weighted by Crippen LogP contribution is 2.26. The van der Waals surface area contributed by atoms with Gasteiger partial charge in [0.15, 0.2) is 5.82 Å². The van der Waals surface area contributed by atoms with Gasteiger partial charge >= 0.3 is 0 Å². The maximum Gasteiger partial charge on any atom is 0.162 e. The second kappa shape index (κ2) is 4.60. The highest BCUT2D eigenvalue weighted by molar-refractivity contribution is 5.90. The second-order valence-corrected chi connectivity index (χ2v) is 5.27. The van der Waals surface area contributed by atoms with Gasteiger partial charge in [-0.15, -0.1) is 0 Å². The zero-order valence-corrected chi connectivity index (χ0v) is 11.9. The molecule has 0 unspecified atom stereocenters. The molecule has 3 rings (SSSR count). The molecule has 0 bridgehead atoms. The van der Waals surface area contributed by atoms with E-state index in [1.54, 1.807) is 0 Å². The summed E-state index contributed by atoms with van der Waals surface area (Å²) in [7, 11) is 0. The van der Waals surface area contributed by atoms with E-state index in [0.717, 1.165) is 27.6 Å². The molecule has 100 valence electrons. The van der Waals surface area contributed by atoms with E-state index in [9.17, 15) is 0 Å². The summed E-state index contributed by atoms with van der Waals surface area (Å²) in [5.41, 5.74) is 11.6. The summed E-state index contributed by atoms with van der Waals surface area (Å²) in [5, 5.41) is 0.915. The molecule has 3 heteroatoms. The third-order valence-electron chi connectivity index (χ3n) is 3.50. The molecule has 3 nitrogen and oxygen atoms in total. The largest absolute Gasteiger partial charge is 0.383 e. The lowest BCUT2D eigenvalue weighted by Gasteiger charge is -2.09. The van der Waals surface area contributed by atoms with Gasteiger partial charge in [0, 0.05) is 10.9 Å². The van der Waals surface area contributed by atoms with E-state index in [0.29, 0.717) is 11.6 Å². The molecule has 1 heterocycles. The average molecular weight is 263 g/mol. The lowest BCUT2D eigenvalue weighted by molar-refractivity contribution is 1.21. The maximum atomic E-state index is 6.09. The standard InChI is InChI=1S/C17H17N3/c1-10-4-6-13(12(3)8-10)17-19-15-7-5-11(2)9-14(15)16(18)20-17/h4-9H,1-3H3,(H2,18,19,20). The molecule has 0 fully saturated rings. The molecule has 0 saturated heterocycles. The Morgan fingerprint density at radius 3 is 2.30 bits per heavy atom. The Morgan fingerprint density at radius 1 is 0.850 bits per heavy atom. The number of rotatable bonds is 1. The number of fused-ring (bicyclic) bond motifs is 1. The summed E-state index contributed by atoms with van der Waals surface area (Å²) in [6, 6.07) is 12.3. The van der Waals surface area contributed by atoms with Crippen LogP contribution in [0.5, 0.6) is 0 Å². The number of nitrogen functional groups attached to an aromatic ring is 1. The third kappa shape index (κ3) is 2.11. The molecule has 0 aliphatic carbocycles. The fraction of sp³-hybridized carbons (Fsp3) is 0.176. The third-order valence-corrected chi connectivity index (χ3v) is 3.50. The molecule has 20 heavy (non-hydrogen) atoms. The van der Waals surface area contributed by atoms with Crippen molar-refractivity contribution in [3.63, 3.8) is 0 Å². The average Bonchev–Trinajstić information content (AvgIpc) is 2.39. The van der Waals surface area contributed by atoms with Gasteiger partial charge in [0.1, 0.15) is 5.82 Å². The van der Waals surface area contributed by atoms with E-state index >= 15 is 0 Å². The number of anilines is 1. The van der Waals surface area contributed by atoms with Crippen molar-refractivity contribution in [3.05, 3.63) is 53.1 Å². The molecule has 2 N–H and O–H groups in total. The molecular formula is C17H17N3. The molecule has 0 saturated carbocycles. The van der Waals surface area contributed by atoms with Crippen LogP contribution in [-0.2, 0) is 0 Å². The number of aryl methyl sites for hydroxylation is 3. The first kappa shape index (κ1) is 12.6. The predicted octanol–water partition coefficient (Wildman–Crippen LogP) is 3.80. The second-order valence-electron chi connectivity index (χ2n) is 5.27. The Balaban J connectivity index is 2.24. The van der Waals surface area contributed by atoms with Crippen molar-refractivity contribution in [2.24, 2.45) is 0 Å². The highest BCUT2D eigenvalue weighted by Gasteiger charge is 2.09. The number of nitrogens with two attached hydrogens (primary N) is 1. The van der Waals surface area contributed by atoms with E-state index in [2.05, 4.69) is 42.0 Å². The van der Waals surface area contributed by atoms with Crippen LogP contribution < -0.4 is 5.73 Å². The first-order chi connectivity index (χ1) is 9.54. The lowest BCUT2D eigenvalue weighted by Crippen LogP contribution is -1.99. The molecule has 0 aliphatic rings. The minimum Gasteiger partial charge on any atom is -0.383 e. The van der Waals surface area contributed by atoms with Crippen molar-refractivity contribution in [1.82, 2.24) is 9.97 Å². The topological polar surface area (TPSA) is 51.8 Å². The van der Waals surface area contributed by atoms with Crippen LogP contribution in [0.3, 0.4) is 0 Å². The van der Waals surface area contributed by atoms with Gasteiger partial charge in [0.2, 0.25) is 0 Å². The molecule has 0 spiro atoms. The molecule has 0 atom stereocenters. The lowest BCUT2D eigenvalue weighted by atomic mass is 10.0. The number of hydrogen-bond acceptors (Lipinski definition) is 3. The van der Waals surface area contributed by atoms with E-state index in [4.69, 9.17) is 5.73 Å². The molecule has 2 aromatic carbocycles. The van der Waals surface area contributed by atoms with Gasteiger partial charge in [-0.25, -0.2) is 9.97 Å². The van der Waals surface area contributed by atoms with Crippen molar-refractivity contribution < 1.29 is 0 Å². The summed E-state index contributed by atoms with van der Waals surface area (Å²) in [6.07, 6.45) is 0. The molecule has 3 aromatic rings. The fourth-order valence-corrected chi connectivity index (χ4v) is 2.45. The van der Waals surface area contributed by atoms with Gasteiger partial charge < -0.3 is 5.73 Å². The quantitative estimate of drug-likeness (QED) is 0.726. The predicted molar refractivity (Wildman–Crippen MR) is 83.6 cm³/mol. The van der Waals surface area contributed by atoms with Crippen LogP contribution in [0.25, 0.3) is 22.3 Å². The van der Waals surface area contributed by atoms with E-state index in [-0.39, 0.29) is 0 Å². The summed E-state index contributed by atoms with van der Waals surface area (Å²) in [5.74, 6) is 1.23. The van der Waals surface area contributed by atoms with Gasteiger partial charge in [0.05, 0.1) is 5.52 Å². The number of nitrogens with zero attached hydrogens (tertiary/aromatic N) is 2. The Labute approximate surface area is 118 Å². The fourth-order valence-electron chi connectivity index (χ4n) is 2.45. The van der Waals surface area contributed by atoms with Crippen molar-refractivity contribution in [2.75, 3.05) is 5.73 Å². The molecular weight excluding hydrogens is 246 g/mol. The minimum atomic E-state index is 0.536. The van der Waals surface area contributed by atoms with Crippen molar-refractivity contribution in [3.8, 4) is 11.4 Å².